The highest BCUT2D eigenvalue weighted by Crippen LogP contribution is 2.32. The van der Waals surface area contributed by atoms with Crippen LogP contribution in [0.4, 0.5) is 11.4 Å². The second-order valence-corrected chi connectivity index (χ2v) is 5.66. The molecule has 21 heavy (non-hydrogen) atoms. The van der Waals surface area contributed by atoms with E-state index >= 15 is 0 Å². The molecular formula is C15H20N4O2. The summed E-state index contributed by atoms with van der Waals surface area (Å²) in [5.41, 5.74) is 4.30. The predicted molar refractivity (Wildman–Crippen MR) is 80.9 cm³/mol. The number of rotatable bonds is 4. The van der Waals surface area contributed by atoms with E-state index in [1.165, 1.54) is 0 Å². The molecule has 6 heteroatoms. The standard InChI is InChI=1S/C15H20N4O2/c16-18-15(21)12-6-5-11(17-14(20)10-3-4-10)9-13(12)19-7-1-2-8-19/h5-6,9-10H,1-4,7-8,16H2,(H,17,20)(H,18,21). The van der Waals surface area contributed by atoms with Crippen molar-refractivity contribution in [3.05, 3.63) is 23.8 Å². The van der Waals surface area contributed by atoms with E-state index in [0.29, 0.717) is 5.56 Å². The molecule has 2 aliphatic rings. The normalized spacial score (nSPS) is 17.7. The van der Waals surface area contributed by atoms with Crippen molar-refractivity contribution in [2.75, 3.05) is 23.3 Å². The second-order valence-electron chi connectivity index (χ2n) is 5.66. The van der Waals surface area contributed by atoms with Gasteiger partial charge in [0.2, 0.25) is 5.91 Å². The van der Waals surface area contributed by atoms with E-state index in [1.807, 2.05) is 6.07 Å². The van der Waals surface area contributed by atoms with Crippen LogP contribution in [0.3, 0.4) is 0 Å². The molecule has 0 aromatic heterocycles. The number of nitrogens with one attached hydrogen (secondary N) is 2. The van der Waals surface area contributed by atoms with Gasteiger partial charge in [-0.1, -0.05) is 0 Å². The van der Waals surface area contributed by atoms with Crippen molar-refractivity contribution in [1.82, 2.24) is 5.43 Å². The quantitative estimate of drug-likeness (QED) is 0.442. The molecule has 4 N–H and O–H groups in total. The lowest BCUT2D eigenvalue weighted by Crippen LogP contribution is -2.32. The molecule has 0 radical (unpaired) electrons. The number of anilines is 2. The van der Waals surface area contributed by atoms with Crippen molar-refractivity contribution in [3.8, 4) is 0 Å². The Labute approximate surface area is 123 Å². The molecule has 112 valence electrons. The fourth-order valence-corrected chi connectivity index (χ4v) is 2.69. The van der Waals surface area contributed by atoms with Crippen LogP contribution >= 0.6 is 0 Å². The highest BCUT2D eigenvalue weighted by Gasteiger charge is 2.30. The minimum atomic E-state index is -0.308. The zero-order valence-electron chi connectivity index (χ0n) is 11.9. The monoisotopic (exact) mass is 288 g/mol. The lowest BCUT2D eigenvalue weighted by atomic mass is 10.1. The van der Waals surface area contributed by atoms with Crippen molar-refractivity contribution in [3.63, 3.8) is 0 Å². The molecule has 6 nitrogen and oxygen atoms in total. The van der Waals surface area contributed by atoms with Gasteiger partial charge in [0.15, 0.2) is 0 Å². The number of nitrogens with zero attached hydrogens (tertiary/aromatic N) is 1. The number of benzene rings is 1. The van der Waals surface area contributed by atoms with Crippen LogP contribution in [-0.4, -0.2) is 24.9 Å². The van der Waals surface area contributed by atoms with Gasteiger partial charge in [0, 0.05) is 24.7 Å². The molecule has 0 spiro atoms. The van der Waals surface area contributed by atoms with Gasteiger partial charge >= 0.3 is 0 Å². The molecule has 1 heterocycles. The lowest BCUT2D eigenvalue weighted by Gasteiger charge is -2.21. The summed E-state index contributed by atoms with van der Waals surface area (Å²) in [6.07, 6.45) is 4.17. The van der Waals surface area contributed by atoms with Crippen LogP contribution in [0.2, 0.25) is 0 Å². The molecule has 1 aliphatic carbocycles. The van der Waals surface area contributed by atoms with Crippen molar-refractivity contribution in [1.29, 1.82) is 0 Å². The first-order chi connectivity index (χ1) is 10.2. The molecule has 1 saturated carbocycles. The SMILES string of the molecule is NNC(=O)c1ccc(NC(=O)C2CC2)cc1N1CCCC1. The minimum absolute atomic E-state index is 0.0680. The van der Waals surface area contributed by atoms with E-state index < -0.39 is 0 Å². The summed E-state index contributed by atoms with van der Waals surface area (Å²) < 4.78 is 0. The first kappa shape index (κ1) is 13.9. The number of carbonyl (C=O) groups is 2. The molecule has 2 fully saturated rings. The van der Waals surface area contributed by atoms with Crippen LogP contribution < -0.4 is 21.5 Å². The summed E-state index contributed by atoms with van der Waals surface area (Å²) in [6.45, 7) is 1.84. The molecule has 0 unspecified atom stereocenters. The molecule has 1 saturated heterocycles. The Morgan fingerprint density at radius 2 is 1.90 bits per heavy atom. The lowest BCUT2D eigenvalue weighted by molar-refractivity contribution is -0.117. The summed E-state index contributed by atoms with van der Waals surface area (Å²) in [6, 6.07) is 5.35. The van der Waals surface area contributed by atoms with Crippen LogP contribution in [0.25, 0.3) is 0 Å². The molecule has 0 atom stereocenters. The zero-order valence-corrected chi connectivity index (χ0v) is 11.9. The molecule has 1 aromatic carbocycles. The smallest absolute Gasteiger partial charge is 0.267 e. The Balaban J connectivity index is 1.87. The Morgan fingerprint density at radius 1 is 1.19 bits per heavy atom. The molecule has 1 aromatic rings. The van der Waals surface area contributed by atoms with Crippen LogP contribution in [0.15, 0.2) is 18.2 Å². The highest BCUT2D eigenvalue weighted by molar-refractivity contribution is 6.01. The van der Waals surface area contributed by atoms with Gasteiger partial charge in [-0.05, 0) is 43.9 Å². The number of hydrazine groups is 1. The molecule has 3 rings (SSSR count). The van der Waals surface area contributed by atoms with E-state index in [9.17, 15) is 9.59 Å². The van der Waals surface area contributed by atoms with Gasteiger partial charge in [-0.15, -0.1) is 0 Å². The average Bonchev–Trinajstić information content (AvgIpc) is 3.22. The van der Waals surface area contributed by atoms with E-state index in [0.717, 1.165) is 50.1 Å². The van der Waals surface area contributed by atoms with Crippen LogP contribution in [0.1, 0.15) is 36.0 Å². The Bertz CT molecular complexity index is 563. The summed E-state index contributed by atoms with van der Waals surface area (Å²) in [5.74, 6) is 5.17. The first-order valence-electron chi connectivity index (χ1n) is 7.40. The van der Waals surface area contributed by atoms with Crippen molar-refractivity contribution < 1.29 is 9.59 Å². The van der Waals surface area contributed by atoms with E-state index in [1.54, 1.807) is 12.1 Å². The Kier molecular flexibility index (Phi) is 3.79. The minimum Gasteiger partial charge on any atom is -0.371 e. The van der Waals surface area contributed by atoms with Gasteiger partial charge in [-0.2, -0.15) is 0 Å². The van der Waals surface area contributed by atoms with Gasteiger partial charge in [-0.3, -0.25) is 15.0 Å². The number of nitrogen functional groups attached to an aromatic ring is 1. The number of amides is 2. The van der Waals surface area contributed by atoms with Gasteiger partial charge in [0.25, 0.3) is 5.91 Å². The number of hydrogen-bond acceptors (Lipinski definition) is 4. The van der Waals surface area contributed by atoms with Crippen LogP contribution in [0, 0.1) is 5.92 Å². The third-order valence-corrected chi connectivity index (χ3v) is 4.04. The highest BCUT2D eigenvalue weighted by atomic mass is 16.2. The van der Waals surface area contributed by atoms with Crippen molar-refractivity contribution in [2.45, 2.75) is 25.7 Å². The van der Waals surface area contributed by atoms with E-state index in [2.05, 4.69) is 15.6 Å². The molecular weight excluding hydrogens is 268 g/mol. The van der Waals surface area contributed by atoms with E-state index in [4.69, 9.17) is 5.84 Å². The molecule has 2 amide bonds. The maximum atomic E-state index is 11.9. The van der Waals surface area contributed by atoms with Crippen LogP contribution in [0.5, 0.6) is 0 Å². The third-order valence-electron chi connectivity index (χ3n) is 4.04. The number of carbonyl (C=O) groups excluding carboxylic acids is 2. The third kappa shape index (κ3) is 3.00. The second kappa shape index (κ2) is 5.73. The van der Waals surface area contributed by atoms with Crippen molar-refractivity contribution in [2.24, 2.45) is 11.8 Å². The maximum absolute atomic E-state index is 11.9. The van der Waals surface area contributed by atoms with E-state index in [-0.39, 0.29) is 17.7 Å². The summed E-state index contributed by atoms with van der Waals surface area (Å²) in [5, 5.41) is 2.92. The topological polar surface area (TPSA) is 87.5 Å². The first-order valence-corrected chi connectivity index (χ1v) is 7.40. The van der Waals surface area contributed by atoms with Gasteiger partial charge in [0.1, 0.15) is 0 Å². The van der Waals surface area contributed by atoms with Crippen LogP contribution in [-0.2, 0) is 4.79 Å². The van der Waals surface area contributed by atoms with Crippen molar-refractivity contribution >= 4 is 23.2 Å². The average molecular weight is 288 g/mol. The Morgan fingerprint density at radius 3 is 2.52 bits per heavy atom. The maximum Gasteiger partial charge on any atom is 0.267 e. The Hall–Kier alpha value is -2.08. The fourth-order valence-electron chi connectivity index (χ4n) is 2.69. The fraction of sp³-hybridized carbons (Fsp3) is 0.467. The summed E-state index contributed by atoms with van der Waals surface area (Å²) in [4.78, 5) is 25.9. The number of hydrogen-bond donors (Lipinski definition) is 3. The molecule has 1 aliphatic heterocycles. The number of nitrogens with two attached hydrogens (primary N) is 1. The summed E-state index contributed by atoms with van der Waals surface area (Å²) in [7, 11) is 0. The van der Waals surface area contributed by atoms with Gasteiger partial charge in [-0.25, -0.2) is 5.84 Å². The van der Waals surface area contributed by atoms with Gasteiger partial charge < -0.3 is 10.2 Å². The summed E-state index contributed by atoms with van der Waals surface area (Å²) >= 11 is 0. The predicted octanol–water partition coefficient (Wildman–Crippen LogP) is 1.24. The largest absolute Gasteiger partial charge is 0.371 e. The zero-order chi connectivity index (χ0) is 14.8. The van der Waals surface area contributed by atoms with Gasteiger partial charge in [0.05, 0.1) is 11.3 Å². The molecule has 0 bridgehead atoms.